The Labute approximate surface area is 69.1 Å². The molecule has 0 aliphatic heterocycles. The SMILES string of the molecule is [Cl][K].[O]=[AlH]. The third kappa shape index (κ3) is 8.86. The normalized spacial score (nSPS) is 2.50. The molecule has 0 saturated heterocycles. The van der Waals surface area contributed by atoms with Crippen LogP contribution in [0.2, 0.25) is 0 Å². The molecule has 0 heterocycles. The Bertz CT molecular complexity index is 8.00. The molecule has 0 bridgehead atoms. The van der Waals surface area contributed by atoms with Crippen LogP contribution in [0.5, 0.6) is 0 Å². The van der Waals surface area contributed by atoms with E-state index in [1.807, 2.05) is 0 Å². The predicted octanol–water partition coefficient (Wildman–Crippen LogP) is -0.459. The molecule has 4 heteroatoms. The molecule has 0 amide bonds. The van der Waals surface area contributed by atoms with Gasteiger partial charge in [0.05, 0.1) is 0 Å². The molecule has 0 aliphatic rings. The Morgan fingerprint density at radius 3 is 1.50 bits per heavy atom. The maximum absolute atomic E-state index is 8.28. The maximum atomic E-state index is 8.28. The van der Waals surface area contributed by atoms with Crippen LogP contribution in [0.15, 0.2) is 0 Å². The van der Waals surface area contributed by atoms with Crippen molar-refractivity contribution in [2.45, 2.75) is 0 Å². The predicted molar refractivity (Wildman–Crippen MR) is 19.4 cm³/mol. The molecule has 0 aromatic rings. The second-order valence-corrected chi connectivity index (χ2v) is 0. The van der Waals surface area contributed by atoms with E-state index in [1.165, 1.54) is 0 Å². The molecule has 0 fully saturated rings. The van der Waals surface area contributed by atoms with Crippen LogP contribution in [-0.4, -0.2) is 63.4 Å². The van der Waals surface area contributed by atoms with Crippen LogP contribution in [0, 0.1) is 0 Å². The van der Waals surface area contributed by atoms with Crippen molar-refractivity contribution in [2.24, 2.45) is 0 Å². The van der Waals surface area contributed by atoms with E-state index in [2.05, 4.69) is 0 Å². The summed E-state index contributed by atoms with van der Waals surface area (Å²) >= 11 is 1.15. The number of rotatable bonds is 0. The van der Waals surface area contributed by atoms with Gasteiger partial charge in [-0.3, -0.25) is 0 Å². The zero-order chi connectivity index (χ0) is 4.00. The summed E-state index contributed by atoms with van der Waals surface area (Å²) in [5, 5.41) is 0. The van der Waals surface area contributed by atoms with Crippen LogP contribution in [-0.2, 0) is 3.80 Å². The average molecular weight is 119 g/mol. The van der Waals surface area contributed by atoms with Crippen LogP contribution in [0.1, 0.15) is 0 Å². The van der Waals surface area contributed by atoms with E-state index < -0.39 is 0 Å². The van der Waals surface area contributed by atoms with E-state index in [0.29, 0.717) is 63.4 Å². The summed E-state index contributed by atoms with van der Waals surface area (Å²) in [7, 11) is 0. The minimum absolute atomic E-state index is 0.535. The third-order valence-electron chi connectivity index (χ3n) is 0. The number of hydrogen-bond donors (Lipinski definition) is 0. The first kappa shape index (κ1) is 9.54. The molecule has 1 nitrogen and oxygen atoms in total. The molecule has 0 saturated carbocycles. The van der Waals surface area contributed by atoms with E-state index in [0.717, 1.165) is 0 Å². The Morgan fingerprint density at radius 2 is 1.50 bits per heavy atom. The van der Waals surface area contributed by atoms with Crippen molar-refractivity contribution in [3.63, 3.8) is 0 Å². The average Bonchev–Trinajstić information content (AvgIpc) is 1.50. The van der Waals surface area contributed by atoms with Crippen LogP contribution in [0.3, 0.4) is 0 Å². The van der Waals surface area contributed by atoms with Gasteiger partial charge in [-0.25, -0.2) is 0 Å². The van der Waals surface area contributed by atoms with Crippen molar-refractivity contribution in [2.75, 3.05) is 0 Å². The van der Waals surface area contributed by atoms with E-state index in [-0.39, 0.29) is 0 Å². The van der Waals surface area contributed by atoms with Crippen LogP contribution in [0.25, 0.3) is 0 Å². The van der Waals surface area contributed by atoms with Crippen LogP contribution in [0.4, 0.5) is 0 Å². The van der Waals surface area contributed by atoms with Crippen molar-refractivity contribution >= 4 is 67.1 Å². The summed E-state index contributed by atoms with van der Waals surface area (Å²) in [5.41, 5.74) is 0. The fourth-order valence-electron chi connectivity index (χ4n) is 0. The first-order valence-electron chi connectivity index (χ1n) is 0.667. The molecule has 0 atom stereocenters. The van der Waals surface area contributed by atoms with Crippen molar-refractivity contribution in [3.8, 4) is 0 Å². The molecular weight excluding hydrogens is 118 g/mol. The minimum atomic E-state index is 0.535. The van der Waals surface area contributed by atoms with Gasteiger partial charge in [0.15, 0.2) is 0 Å². The Morgan fingerprint density at radius 1 is 1.50 bits per heavy atom. The molecule has 0 spiro atoms. The Hall–Kier alpha value is 2.26. The third-order valence-corrected chi connectivity index (χ3v) is 0. The van der Waals surface area contributed by atoms with E-state index in [9.17, 15) is 0 Å². The number of hydrogen-bond acceptors (Lipinski definition) is 1. The van der Waals surface area contributed by atoms with Gasteiger partial charge in [0.25, 0.3) is 0 Å². The Kier molecular flexibility index (Phi) is 44.6. The quantitative estimate of drug-likeness (QED) is 0.394. The van der Waals surface area contributed by atoms with E-state index >= 15 is 0 Å². The van der Waals surface area contributed by atoms with Crippen molar-refractivity contribution in [3.05, 3.63) is 0 Å². The zero-order valence-corrected chi connectivity index (χ0v) is 7.79. The second kappa shape index (κ2) is 18.7. The van der Waals surface area contributed by atoms with Gasteiger partial charge in [-0.2, -0.15) is 0 Å². The van der Waals surface area contributed by atoms with Gasteiger partial charge in [0.1, 0.15) is 0 Å². The summed E-state index contributed by atoms with van der Waals surface area (Å²) in [6.07, 6.45) is 0. The fraction of sp³-hybridized carbons (Fsp3) is 0. The molecule has 18 valence electrons. The van der Waals surface area contributed by atoms with Crippen molar-refractivity contribution in [1.82, 2.24) is 0 Å². The molecule has 4 heavy (non-hydrogen) atoms. The van der Waals surface area contributed by atoms with Crippen LogP contribution < -0.4 is 0 Å². The summed E-state index contributed by atoms with van der Waals surface area (Å²) in [6.45, 7) is 0. The van der Waals surface area contributed by atoms with E-state index in [1.54, 1.807) is 0 Å². The molecule has 0 N–H and O–H groups in total. The summed E-state index contributed by atoms with van der Waals surface area (Å²) in [5.74, 6) is 0. The topological polar surface area (TPSA) is 17.1 Å². The van der Waals surface area contributed by atoms with E-state index in [4.69, 9.17) is 7.57 Å². The summed E-state index contributed by atoms with van der Waals surface area (Å²) in [6, 6.07) is 0. The molecule has 0 aromatic carbocycles. The van der Waals surface area contributed by atoms with Gasteiger partial charge in [-0.05, 0) is 0 Å². The van der Waals surface area contributed by atoms with Crippen molar-refractivity contribution in [1.29, 1.82) is 0 Å². The first-order chi connectivity index (χ1) is 2.00. The van der Waals surface area contributed by atoms with Crippen molar-refractivity contribution < 1.29 is 3.80 Å². The monoisotopic (exact) mass is 118 g/mol. The van der Waals surface area contributed by atoms with Gasteiger partial charge in [-0.1, -0.05) is 0 Å². The molecular formula is HAlClKO. The fourth-order valence-corrected chi connectivity index (χ4v) is 0. The zero-order valence-electron chi connectivity index (χ0n) is 2.49. The molecule has 0 unspecified atom stereocenters. The standard InChI is InChI=1S/Al.ClH.K.O.H/h;1H;;;/q;;+1;;/p-1. The van der Waals surface area contributed by atoms with Gasteiger partial charge in [-0.15, -0.1) is 0 Å². The molecule has 0 aromatic heterocycles. The molecule has 0 aliphatic carbocycles. The first-order valence-corrected chi connectivity index (χ1v) is 5.54. The van der Waals surface area contributed by atoms with Gasteiger partial charge < -0.3 is 0 Å². The van der Waals surface area contributed by atoms with Gasteiger partial charge >= 0.3 is 70.9 Å². The summed E-state index contributed by atoms with van der Waals surface area (Å²) in [4.78, 5) is 0. The van der Waals surface area contributed by atoms with Crippen LogP contribution >= 0.6 is 3.76 Å². The summed E-state index contributed by atoms with van der Waals surface area (Å²) < 4.78 is 13.1. The molecule has 0 radical (unpaired) electrons. The molecule has 0 rings (SSSR count). The van der Waals surface area contributed by atoms with Gasteiger partial charge in [0.2, 0.25) is 0 Å². The Balaban J connectivity index is 0. The van der Waals surface area contributed by atoms with Gasteiger partial charge in [0, 0.05) is 0 Å². The second-order valence-electron chi connectivity index (χ2n) is 0. The number of halogens is 1.